The standard InChI is InChI=1S/C19H19ClN4O3/c1-3-4-17(25)22-13-6-5-12(14(20)9-13)10-24-11(2)21-15-7-8-16(19(26)27)23-18(15)24/h5-9H,3-4,10H2,1-2H3,(H,22,25)(H,26,27). The Morgan fingerprint density at radius 2 is 2.00 bits per heavy atom. The highest BCUT2D eigenvalue weighted by molar-refractivity contribution is 6.31. The van der Waals surface area contributed by atoms with Gasteiger partial charge in [-0.1, -0.05) is 24.6 Å². The molecule has 1 aromatic carbocycles. The van der Waals surface area contributed by atoms with Gasteiger partial charge in [-0.2, -0.15) is 0 Å². The third kappa shape index (κ3) is 4.09. The average molecular weight is 387 g/mol. The molecule has 2 N–H and O–H groups in total. The van der Waals surface area contributed by atoms with Crippen molar-refractivity contribution >= 4 is 40.3 Å². The summed E-state index contributed by atoms with van der Waals surface area (Å²) in [6.45, 7) is 4.16. The third-order valence-corrected chi connectivity index (χ3v) is 4.50. The fourth-order valence-corrected chi connectivity index (χ4v) is 3.04. The first-order chi connectivity index (χ1) is 12.9. The summed E-state index contributed by atoms with van der Waals surface area (Å²) in [4.78, 5) is 31.5. The number of carboxylic acids is 1. The van der Waals surface area contributed by atoms with Crippen LogP contribution in [-0.2, 0) is 11.3 Å². The lowest BCUT2D eigenvalue weighted by Gasteiger charge is -2.11. The van der Waals surface area contributed by atoms with Gasteiger partial charge in [0.25, 0.3) is 0 Å². The van der Waals surface area contributed by atoms with E-state index in [1.54, 1.807) is 18.2 Å². The van der Waals surface area contributed by atoms with Crippen LogP contribution in [0.1, 0.15) is 41.6 Å². The van der Waals surface area contributed by atoms with Gasteiger partial charge >= 0.3 is 5.97 Å². The number of carbonyl (C=O) groups excluding carboxylic acids is 1. The molecule has 3 rings (SSSR count). The van der Waals surface area contributed by atoms with E-state index in [9.17, 15) is 9.59 Å². The van der Waals surface area contributed by atoms with Crippen molar-refractivity contribution in [3.8, 4) is 0 Å². The van der Waals surface area contributed by atoms with Crippen molar-refractivity contribution in [2.75, 3.05) is 5.32 Å². The molecule has 0 unspecified atom stereocenters. The molecule has 2 heterocycles. The number of fused-ring (bicyclic) bond motifs is 1. The predicted octanol–water partition coefficient (Wildman–Crippen LogP) is 3.88. The van der Waals surface area contributed by atoms with Crippen LogP contribution in [0.4, 0.5) is 5.69 Å². The van der Waals surface area contributed by atoms with Crippen molar-refractivity contribution < 1.29 is 14.7 Å². The molecule has 1 amide bonds. The lowest BCUT2D eigenvalue weighted by atomic mass is 10.2. The van der Waals surface area contributed by atoms with E-state index in [2.05, 4.69) is 15.3 Å². The molecule has 3 aromatic rings. The first-order valence-electron chi connectivity index (χ1n) is 8.54. The van der Waals surface area contributed by atoms with Crippen LogP contribution in [-0.4, -0.2) is 31.5 Å². The number of aromatic nitrogens is 3. The summed E-state index contributed by atoms with van der Waals surface area (Å²) in [5.41, 5.74) is 2.53. The molecule has 0 atom stereocenters. The maximum atomic E-state index is 11.7. The maximum absolute atomic E-state index is 11.7. The highest BCUT2D eigenvalue weighted by Gasteiger charge is 2.14. The molecule has 0 aliphatic carbocycles. The first-order valence-corrected chi connectivity index (χ1v) is 8.92. The zero-order chi connectivity index (χ0) is 19.6. The van der Waals surface area contributed by atoms with E-state index in [1.165, 1.54) is 6.07 Å². The number of amides is 1. The number of halogens is 1. The Balaban J connectivity index is 1.91. The molecule has 0 saturated heterocycles. The minimum atomic E-state index is -1.09. The number of aromatic carboxylic acids is 1. The van der Waals surface area contributed by atoms with Crippen molar-refractivity contribution in [1.82, 2.24) is 14.5 Å². The van der Waals surface area contributed by atoms with Crippen LogP contribution in [0, 0.1) is 6.92 Å². The molecular weight excluding hydrogens is 368 g/mol. The van der Waals surface area contributed by atoms with Crippen molar-refractivity contribution in [3.05, 3.63) is 52.4 Å². The lowest BCUT2D eigenvalue weighted by molar-refractivity contribution is -0.116. The number of aryl methyl sites for hydroxylation is 1. The number of carbonyl (C=O) groups is 2. The topological polar surface area (TPSA) is 97.1 Å². The zero-order valence-electron chi connectivity index (χ0n) is 15.0. The number of nitrogens with zero attached hydrogens (tertiary/aromatic N) is 3. The second kappa shape index (κ2) is 7.75. The summed E-state index contributed by atoms with van der Waals surface area (Å²) in [6, 6.07) is 8.40. The van der Waals surface area contributed by atoms with Crippen molar-refractivity contribution in [2.45, 2.75) is 33.2 Å². The second-order valence-corrected chi connectivity index (χ2v) is 6.60. The molecule has 2 aromatic heterocycles. The minimum Gasteiger partial charge on any atom is -0.477 e. The number of hydrogen-bond acceptors (Lipinski definition) is 4. The molecule has 0 fully saturated rings. The number of hydrogen-bond donors (Lipinski definition) is 2. The summed E-state index contributed by atoms with van der Waals surface area (Å²) in [5, 5.41) is 12.5. The number of rotatable bonds is 6. The van der Waals surface area contributed by atoms with Gasteiger partial charge in [0.2, 0.25) is 5.91 Å². The highest BCUT2D eigenvalue weighted by atomic mass is 35.5. The van der Waals surface area contributed by atoms with Crippen LogP contribution in [0.2, 0.25) is 5.02 Å². The van der Waals surface area contributed by atoms with Crippen LogP contribution < -0.4 is 5.32 Å². The predicted molar refractivity (Wildman–Crippen MR) is 103 cm³/mol. The Kier molecular flexibility index (Phi) is 5.41. The summed E-state index contributed by atoms with van der Waals surface area (Å²) in [7, 11) is 0. The number of pyridine rings is 1. The average Bonchev–Trinajstić information content (AvgIpc) is 2.92. The molecule has 140 valence electrons. The molecule has 0 bridgehead atoms. The van der Waals surface area contributed by atoms with E-state index < -0.39 is 5.97 Å². The number of anilines is 1. The van der Waals surface area contributed by atoms with Crippen LogP contribution in [0.3, 0.4) is 0 Å². The first kappa shape index (κ1) is 18.8. The molecule has 0 spiro atoms. The largest absolute Gasteiger partial charge is 0.477 e. The normalized spacial score (nSPS) is 10.9. The molecule has 0 aliphatic rings. The van der Waals surface area contributed by atoms with E-state index in [0.717, 1.165) is 12.0 Å². The molecule has 7 nitrogen and oxygen atoms in total. The van der Waals surface area contributed by atoms with E-state index in [1.807, 2.05) is 24.5 Å². The second-order valence-electron chi connectivity index (χ2n) is 6.19. The summed E-state index contributed by atoms with van der Waals surface area (Å²) in [5.74, 6) is -0.438. The monoisotopic (exact) mass is 386 g/mol. The summed E-state index contributed by atoms with van der Waals surface area (Å²) < 4.78 is 1.82. The van der Waals surface area contributed by atoms with Gasteiger partial charge in [-0.05, 0) is 43.2 Å². The van der Waals surface area contributed by atoms with Gasteiger partial charge in [0.1, 0.15) is 11.3 Å². The van der Waals surface area contributed by atoms with Crippen LogP contribution in [0.25, 0.3) is 11.2 Å². The van der Waals surface area contributed by atoms with Gasteiger partial charge in [-0.3, -0.25) is 4.79 Å². The number of benzene rings is 1. The van der Waals surface area contributed by atoms with E-state index in [4.69, 9.17) is 16.7 Å². The molecule has 8 heteroatoms. The number of carboxylic acid groups (broad SMARTS) is 1. The van der Waals surface area contributed by atoms with E-state index in [0.29, 0.717) is 40.7 Å². The Morgan fingerprint density at radius 1 is 1.22 bits per heavy atom. The minimum absolute atomic E-state index is 0.0382. The lowest BCUT2D eigenvalue weighted by Crippen LogP contribution is -2.11. The van der Waals surface area contributed by atoms with Gasteiger partial charge in [0.15, 0.2) is 11.3 Å². The van der Waals surface area contributed by atoms with Gasteiger partial charge < -0.3 is 15.0 Å². The van der Waals surface area contributed by atoms with Crippen LogP contribution in [0.5, 0.6) is 0 Å². The van der Waals surface area contributed by atoms with Gasteiger partial charge in [0.05, 0.1) is 6.54 Å². The van der Waals surface area contributed by atoms with Crippen molar-refractivity contribution in [3.63, 3.8) is 0 Å². The zero-order valence-corrected chi connectivity index (χ0v) is 15.7. The quantitative estimate of drug-likeness (QED) is 0.670. The Hall–Kier alpha value is -2.93. The SMILES string of the molecule is CCCC(=O)Nc1ccc(Cn2c(C)nc3ccc(C(=O)O)nc32)c(Cl)c1. The molecule has 0 radical (unpaired) electrons. The van der Waals surface area contributed by atoms with Crippen molar-refractivity contribution in [2.24, 2.45) is 0 Å². The smallest absolute Gasteiger partial charge is 0.354 e. The summed E-state index contributed by atoms with van der Waals surface area (Å²) in [6.07, 6.45) is 1.23. The number of imidazole rings is 1. The Labute approximate surface area is 161 Å². The highest BCUT2D eigenvalue weighted by Crippen LogP contribution is 2.24. The van der Waals surface area contributed by atoms with Gasteiger partial charge in [0, 0.05) is 17.1 Å². The maximum Gasteiger partial charge on any atom is 0.354 e. The Morgan fingerprint density at radius 3 is 2.67 bits per heavy atom. The van der Waals surface area contributed by atoms with Crippen LogP contribution >= 0.6 is 11.6 Å². The third-order valence-electron chi connectivity index (χ3n) is 4.14. The van der Waals surface area contributed by atoms with Gasteiger partial charge in [-0.25, -0.2) is 14.8 Å². The Bertz CT molecular complexity index is 1030. The summed E-state index contributed by atoms with van der Waals surface area (Å²) >= 11 is 6.39. The molecular formula is C19H19ClN4O3. The van der Waals surface area contributed by atoms with Crippen molar-refractivity contribution in [1.29, 1.82) is 0 Å². The van der Waals surface area contributed by atoms with Gasteiger partial charge in [-0.15, -0.1) is 0 Å². The molecule has 0 aliphatic heterocycles. The fourth-order valence-electron chi connectivity index (χ4n) is 2.80. The molecule has 0 saturated carbocycles. The van der Waals surface area contributed by atoms with Crippen LogP contribution in [0.15, 0.2) is 30.3 Å². The number of nitrogens with one attached hydrogen (secondary N) is 1. The van der Waals surface area contributed by atoms with E-state index >= 15 is 0 Å². The van der Waals surface area contributed by atoms with E-state index in [-0.39, 0.29) is 11.6 Å². The fraction of sp³-hybridized carbons (Fsp3) is 0.263. The molecule has 27 heavy (non-hydrogen) atoms.